The average Bonchev–Trinajstić information content (AvgIpc) is 2.97. The summed E-state index contributed by atoms with van der Waals surface area (Å²) in [6.45, 7) is 11.3. The van der Waals surface area contributed by atoms with Crippen LogP contribution in [0, 0.1) is 0 Å². The van der Waals surface area contributed by atoms with E-state index in [1.807, 2.05) is 20.8 Å². The first-order valence-electron chi connectivity index (χ1n) is 15.2. The van der Waals surface area contributed by atoms with E-state index in [4.69, 9.17) is 9.47 Å². The molecule has 43 heavy (non-hydrogen) atoms. The highest BCUT2D eigenvalue weighted by Crippen LogP contribution is 2.30. The van der Waals surface area contributed by atoms with Gasteiger partial charge in [-0.2, -0.15) is 0 Å². The number of hydrogen-bond donors (Lipinski definition) is 4. The number of aromatic amines is 1. The van der Waals surface area contributed by atoms with Crippen LogP contribution in [0.3, 0.4) is 0 Å². The Hall–Kier alpha value is -3.44. The third-order valence-corrected chi connectivity index (χ3v) is 8.28. The summed E-state index contributed by atoms with van der Waals surface area (Å²) >= 11 is 0. The second-order valence-corrected chi connectivity index (χ2v) is 12.8. The Morgan fingerprint density at radius 2 is 1.91 bits per heavy atom. The zero-order chi connectivity index (χ0) is 30.6. The molecule has 1 unspecified atom stereocenters. The summed E-state index contributed by atoms with van der Waals surface area (Å²) in [6.07, 6.45) is 1.06. The number of morpholine rings is 1. The smallest absolute Gasteiger partial charge is 0.410 e. The molecular formula is C33H44N4O6. The van der Waals surface area contributed by atoms with Crippen molar-refractivity contribution in [1.82, 2.24) is 20.1 Å². The van der Waals surface area contributed by atoms with E-state index in [0.717, 1.165) is 57.7 Å². The molecule has 4 N–H and O–H groups in total. The first-order chi connectivity index (χ1) is 20.5. The minimum absolute atomic E-state index is 0.0138. The first-order valence-corrected chi connectivity index (χ1v) is 15.2. The predicted molar refractivity (Wildman–Crippen MR) is 165 cm³/mol. The Bertz CT molecular complexity index is 1470. The number of pyridine rings is 1. The van der Waals surface area contributed by atoms with Crippen molar-refractivity contribution in [3.63, 3.8) is 0 Å². The van der Waals surface area contributed by atoms with Crippen LogP contribution in [0.2, 0.25) is 0 Å². The number of amides is 1. The normalized spacial score (nSPS) is 18.0. The van der Waals surface area contributed by atoms with Crippen LogP contribution >= 0.6 is 0 Å². The number of nitrogens with one attached hydrogen (secondary N) is 2. The fourth-order valence-corrected chi connectivity index (χ4v) is 5.99. The molecule has 0 saturated carbocycles. The number of H-pyrrole nitrogens is 1. The number of fused-ring (bicyclic) bond motifs is 1. The SMILES string of the molecule is CC(C)(C)OC(=O)N(CCc1cccc(CN2CCC3(CC2)CNCCO3)c1)CC(O)c1ccc(O)c2[nH]c(=O)ccc12. The second kappa shape index (κ2) is 13.1. The van der Waals surface area contributed by atoms with Crippen molar-refractivity contribution in [2.45, 2.75) is 63.9 Å². The maximum Gasteiger partial charge on any atom is 0.410 e. The maximum absolute atomic E-state index is 13.3. The van der Waals surface area contributed by atoms with Crippen LogP contribution in [0.1, 0.15) is 56.4 Å². The van der Waals surface area contributed by atoms with Crippen molar-refractivity contribution in [3.05, 3.63) is 75.6 Å². The van der Waals surface area contributed by atoms with Crippen LogP contribution < -0.4 is 10.9 Å². The summed E-state index contributed by atoms with van der Waals surface area (Å²) in [6, 6.07) is 14.4. The van der Waals surface area contributed by atoms with Crippen molar-refractivity contribution < 1.29 is 24.5 Å². The fraction of sp³-hybridized carbons (Fsp3) is 0.515. The molecule has 1 amide bonds. The molecule has 2 aliphatic rings. The molecule has 3 aromatic rings. The Kier molecular flexibility index (Phi) is 9.41. The van der Waals surface area contributed by atoms with Gasteiger partial charge in [-0.3, -0.25) is 9.69 Å². The Morgan fingerprint density at radius 1 is 1.14 bits per heavy atom. The van der Waals surface area contributed by atoms with Crippen molar-refractivity contribution >= 4 is 17.0 Å². The lowest BCUT2D eigenvalue weighted by Crippen LogP contribution is -2.55. The van der Waals surface area contributed by atoms with Gasteiger partial charge in [0.15, 0.2) is 0 Å². The second-order valence-electron chi connectivity index (χ2n) is 12.8. The fourth-order valence-electron chi connectivity index (χ4n) is 5.99. The number of carbonyl (C=O) groups is 1. The molecule has 2 fully saturated rings. The van der Waals surface area contributed by atoms with Gasteiger partial charge >= 0.3 is 6.09 Å². The minimum atomic E-state index is -1.07. The number of phenolic OH excluding ortho intramolecular Hbond substituents is 1. The summed E-state index contributed by atoms with van der Waals surface area (Å²) < 4.78 is 11.8. The molecule has 5 rings (SSSR count). The summed E-state index contributed by atoms with van der Waals surface area (Å²) in [5.41, 5.74) is 2.00. The van der Waals surface area contributed by atoms with Crippen molar-refractivity contribution in [1.29, 1.82) is 0 Å². The molecule has 10 heteroatoms. The number of ether oxygens (including phenoxy) is 2. The van der Waals surface area contributed by atoms with Gasteiger partial charge in [-0.25, -0.2) is 4.79 Å². The third kappa shape index (κ3) is 7.94. The van der Waals surface area contributed by atoms with Gasteiger partial charge in [-0.05, 0) is 68.9 Å². The molecule has 232 valence electrons. The highest BCUT2D eigenvalue weighted by molar-refractivity contribution is 5.87. The third-order valence-electron chi connectivity index (χ3n) is 8.28. The van der Waals surface area contributed by atoms with E-state index in [9.17, 15) is 19.8 Å². The number of aliphatic hydroxyl groups is 1. The van der Waals surface area contributed by atoms with Crippen LogP contribution in [0.25, 0.3) is 10.9 Å². The van der Waals surface area contributed by atoms with E-state index < -0.39 is 17.8 Å². The number of aliphatic hydroxyl groups excluding tert-OH is 1. The Morgan fingerprint density at radius 3 is 2.63 bits per heavy atom. The summed E-state index contributed by atoms with van der Waals surface area (Å²) in [4.78, 5) is 31.7. The van der Waals surface area contributed by atoms with Crippen LogP contribution in [-0.4, -0.2) is 88.2 Å². The van der Waals surface area contributed by atoms with Crippen LogP contribution in [-0.2, 0) is 22.4 Å². The Labute approximate surface area is 252 Å². The van der Waals surface area contributed by atoms with E-state index in [1.54, 1.807) is 12.1 Å². The molecule has 2 aliphatic heterocycles. The molecule has 0 bridgehead atoms. The monoisotopic (exact) mass is 592 g/mol. The molecule has 2 aromatic carbocycles. The van der Waals surface area contributed by atoms with Gasteiger partial charge in [-0.15, -0.1) is 0 Å². The topological polar surface area (TPSA) is 127 Å². The van der Waals surface area contributed by atoms with Crippen molar-refractivity contribution in [2.24, 2.45) is 0 Å². The number of aromatic hydroxyl groups is 1. The first kappa shape index (κ1) is 31.0. The Balaban J connectivity index is 1.25. The standard InChI is InChI=1S/C33H44N4O6/c1-32(2,3)43-31(41)37(21-28(39)25-7-9-27(38)30-26(25)8-10-29(40)35-30)15-11-23-5-4-6-24(19-23)20-36-16-12-33(13-17-36)22-34-14-18-42-33/h4-10,19,28,34,38-39H,11-18,20-22H2,1-3H3,(H,35,40). The highest BCUT2D eigenvalue weighted by atomic mass is 16.6. The van der Waals surface area contributed by atoms with E-state index in [1.165, 1.54) is 22.6 Å². The lowest BCUT2D eigenvalue weighted by molar-refractivity contribution is -0.100. The van der Waals surface area contributed by atoms with Crippen molar-refractivity contribution in [3.8, 4) is 5.75 Å². The molecule has 1 aromatic heterocycles. The van der Waals surface area contributed by atoms with Gasteiger partial charge in [0, 0.05) is 50.7 Å². The van der Waals surface area contributed by atoms with Gasteiger partial charge < -0.3 is 34.9 Å². The number of likely N-dealkylation sites (tertiary alicyclic amines) is 1. The van der Waals surface area contributed by atoms with Crippen LogP contribution in [0.4, 0.5) is 4.79 Å². The molecule has 0 radical (unpaired) electrons. The molecule has 2 saturated heterocycles. The quantitative estimate of drug-likeness (QED) is 0.312. The molecule has 10 nitrogen and oxygen atoms in total. The van der Waals surface area contributed by atoms with E-state index >= 15 is 0 Å². The van der Waals surface area contributed by atoms with E-state index in [2.05, 4.69) is 39.5 Å². The largest absolute Gasteiger partial charge is 0.506 e. The minimum Gasteiger partial charge on any atom is -0.506 e. The van der Waals surface area contributed by atoms with Gasteiger partial charge in [0.25, 0.3) is 0 Å². The number of piperidine rings is 1. The lowest BCUT2D eigenvalue weighted by Gasteiger charge is -2.44. The van der Waals surface area contributed by atoms with Gasteiger partial charge in [-0.1, -0.05) is 30.3 Å². The number of nitrogens with zero attached hydrogens (tertiary/aromatic N) is 2. The van der Waals surface area contributed by atoms with Gasteiger partial charge in [0.1, 0.15) is 11.4 Å². The zero-order valence-corrected chi connectivity index (χ0v) is 25.4. The van der Waals surface area contributed by atoms with Gasteiger partial charge in [0.05, 0.1) is 30.4 Å². The van der Waals surface area contributed by atoms with Crippen LogP contribution in [0.15, 0.2) is 53.3 Å². The number of rotatable bonds is 8. The zero-order valence-electron chi connectivity index (χ0n) is 25.4. The predicted octanol–water partition coefficient (Wildman–Crippen LogP) is 3.70. The summed E-state index contributed by atoms with van der Waals surface area (Å²) in [5.74, 6) is -0.0871. The molecule has 0 aliphatic carbocycles. The number of benzene rings is 2. The number of aromatic nitrogens is 1. The van der Waals surface area contributed by atoms with E-state index in [-0.39, 0.29) is 29.0 Å². The molecule has 3 heterocycles. The molecular weight excluding hydrogens is 548 g/mol. The summed E-state index contributed by atoms with van der Waals surface area (Å²) in [7, 11) is 0. The molecule has 1 atom stereocenters. The van der Waals surface area contributed by atoms with Crippen molar-refractivity contribution in [2.75, 3.05) is 45.9 Å². The van der Waals surface area contributed by atoms with Crippen LogP contribution in [0.5, 0.6) is 5.75 Å². The van der Waals surface area contributed by atoms with Gasteiger partial charge in [0.2, 0.25) is 5.56 Å². The number of hydrogen-bond acceptors (Lipinski definition) is 8. The number of carbonyl (C=O) groups excluding carboxylic acids is 1. The lowest BCUT2D eigenvalue weighted by atomic mass is 9.90. The maximum atomic E-state index is 13.3. The highest BCUT2D eigenvalue weighted by Gasteiger charge is 2.36. The average molecular weight is 593 g/mol. The number of phenols is 1. The summed E-state index contributed by atoms with van der Waals surface area (Å²) in [5, 5.41) is 25.5. The van der Waals surface area contributed by atoms with E-state index in [0.29, 0.717) is 23.9 Å². The molecule has 1 spiro atoms.